The van der Waals surface area contributed by atoms with Gasteiger partial charge in [0.15, 0.2) is 5.96 Å². The van der Waals surface area contributed by atoms with Gasteiger partial charge in [0.2, 0.25) is 0 Å². The molecule has 7 heteroatoms. The number of carbonyl (C=O) groups is 1. The Hall–Kier alpha value is -1.11. The first kappa shape index (κ1) is 22.9. The second kappa shape index (κ2) is 12.3. The summed E-state index contributed by atoms with van der Waals surface area (Å²) in [6.45, 7) is 9.48. The van der Waals surface area contributed by atoms with E-state index in [1.54, 1.807) is 0 Å². The van der Waals surface area contributed by atoms with Crippen molar-refractivity contribution in [3.05, 3.63) is 0 Å². The Labute approximate surface area is 163 Å². The van der Waals surface area contributed by atoms with E-state index in [0.717, 1.165) is 51.2 Å². The Bertz CT molecular complexity index is 430. The van der Waals surface area contributed by atoms with Gasteiger partial charge in [-0.15, -0.1) is 0 Å². The number of hydrogen-bond acceptors (Lipinski definition) is 4. The van der Waals surface area contributed by atoms with Gasteiger partial charge in [-0.25, -0.2) is 4.79 Å². The van der Waals surface area contributed by atoms with Crippen molar-refractivity contribution in [1.82, 2.24) is 16.0 Å². The molecule has 0 aromatic carbocycles. The van der Waals surface area contributed by atoms with E-state index in [0.29, 0.717) is 6.04 Å². The summed E-state index contributed by atoms with van der Waals surface area (Å²) in [5.74, 6) is 2.12. The number of alkyl carbamates (subject to hydrolysis) is 1. The minimum atomic E-state index is -0.449. The van der Waals surface area contributed by atoms with Crippen LogP contribution in [-0.4, -0.2) is 54.8 Å². The first-order valence-electron chi connectivity index (χ1n) is 9.87. The van der Waals surface area contributed by atoms with E-state index in [2.05, 4.69) is 34.1 Å². The zero-order valence-electron chi connectivity index (χ0n) is 17.2. The van der Waals surface area contributed by atoms with Crippen LogP contribution in [0.3, 0.4) is 0 Å². The van der Waals surface area contributed by atoms with E-state index in [4.69, 9.17) is 4.74 Å². The van der Waals surface area contributed by atoms with Gasteiger partial charge in [-0.1, -0.05) is 0 Å². The number of nitrogens with one attached hydrogen (secondary N) is 3. The molecule has 26 heavy (non-hydrogen) atoms. The molecule has 0 unspecified atom stereocenters. The van der Waals surface area contributed by atoms with Crippen molar-refractivity contribution in [3.63, 3.8) is 0 Å². The molecule has 1 rings (SSSR count). The highest BCUT2D eigenvalue weighted by atomic mass is 32.2. The van der Waals surface area contributed by atoms with Crippen LogP contribution < -0.4 is 16.0 Å². The largest absolute Gasteiger partial charge is 0.444 e. The fourth-order valence-electron chi connectivity index (χ4n) is 2.92. The fraction of sp³-hybridized carbons (Fsp3) is 0.895. The summed E-state index contributed by atoms with van der Waals surface area (Å²) in [5, 5.41) is 9.88. The Morgan fingerprint density at radius 2 is 1.73 bits per heavy atom. The lowest BCUT2D eigenvalue weighted by atomic mass is 9.91. The van der Waals surface area contributed by atoms with E-state index in [9.17, 15) is 4.79 Å². The summed E-state index contributed by atoms with van der Waals surface area (Å²) in [6, 6.07) is 0.615. The summed E-state index contributed by atoms with van der Waals surface area (Å²) in [6.07, 6.45) is 8.15. The molecule has 0 spiro atoms. The van der Waals surface area contributed by atoms with Gasteiger partial charge in [0.1, 0.15) is 5.60 Å². The standard InChI is InChI=1S/C19H38N4O2S/c1-6-20-17(21-13-7-8-14-26-5)22-15-9-11-16(12-10-15)23-18(24)25-19(2,3)4/h15-16H,6-14H2,1-5H3,(H,23,24)(H2,20,21,22). The quantitative estimate of drug-likeness (QED) is 0.338. The molecular weight excluding hydrogens is 348 g/mol. The molecule has 1 amide bonds. The predicted molar refractivity (Wildman–Crippen MR) is 112 cm³/mol. The molecule has 3 N–H and O–H groups in total. The van der Waals surface area contributed by atoms with Crippen molar-refractivity contribution in [3.8, 4) is 0 Å². The number of amides is 1. The lowest BCUT2D eigenvalue weighted by Crippen LogP contribution is -2.48. The van der Waals surface area contributed by atoms with E-state index in [1.807, 2.05) is 32.5 Å². The van der Waals surface area contributed by atoms with Crippen LogP contribution >= 0.6 is 11.8 Å². The highest BCUT2D eigenvalue weighted by Gasteiger charge is 2.25. The third-order valence-corrected chi connectivity index (χ3v) is 4.86. The van der Waals surface area contributed by atoms with E-state index < -0.39 is 5.60 Å². The summed E-state index contributed by atoms with van der Waals surface area (Å²) < 4.78 is 5.34. The van der Waals surface area contributed by atoms with Crippen LogP contribution in [0.15, 0.2) is 4.99 Å². The lowest BCUT2D eigenvalue weighted by Gasteiger charge is -2.31. The van der Waals surface area contributed by atoms with Crippen molar-refractivity contribution in [2.45, 2.75) is 83.9 Å². The molecule has 0 heterocycles. The molecular formula is C19H38N4O2S. The first-order valence-corrected chi connectivity index (χ1v) is 11.3. The van der Waals surface area contributed by atoms with Gasteiger partial charge in [-0.3, -0.25) is 4.99 Å². The van der Waals surface area contributed by atoms with Crippen molar-refractivity contribution in [2.75, 3.05) is 25.1 Å². The second-order valence-electron chi connectivity index (χ2n) is 7.80. The van der Waals surface area contributed by atoms with Gasteiger partial charge in [0.25, 0.3) is 0 Å². The molecule has 1 aliphatic rings. The molecule has 0 aromatic heterocycles. The SMILES string of the molecule is CCNC(=NCCCCSC)NC1CCC(NC(=O)OC(C)(C)C)CC1. The topological polar surface area (TPSA) is 74.8 Å². The monoisotopic (exact) mass is 386 g/mol. The highest BCUT2D eigenvalue weighted by molar-refractivity contribution is 7.98. The smallest absolute Gasteiger partial charge is 0.407 e. The number of hydrogen-bond donors (Lipinski definition) is 3. The molecule has 6 nitrogen and oxygen atoms in total. The number of thioether (sulfide) groups is 1. The summed E-state index contributed by atoms with van der Waals surface area (Å²) in [7, 11) is 0. The molecule has 152 valence electrons. The van der Waals surface area contributed by atoms with E-state index in [-0.39, 0.29) is 12.1 Å². The average molecular weight is 387 g/mol. The van der Waals surface area contributed by atoms with Crippen molar-refractivity contribution < 1.29 is 9.53 Å². The van der Waals surface area contributed by atoms with Crippen LogP contribution in [0.4, 0.5) is 4.79 Å². The normalized spacial score (nSPS) is 21.2. The van der Waals surface area contributed by atoms with Gasteiger partial charge < -0.3 is 20.7 Å². The van der Waals surface area contributed by atoms with E-state index in [1.165, 1.54) is 12.2 Å². The Morgan fingerprint density at radius 3 is 2.27 bits per heavy atom. The number of unbranched alkanes of at least 4 members (excludes halogenated alkanes) is 1. The average Bonchev–Trinajstić information content (AvgIpc) is 2.55. The second-order valence-corrected chi connectivity index (χ2v) is 8.79. The molecule has 1 fully saturated rings. The molecule has 0 radical (unpaired) electrons. The molecule has 0 saturated heterocycles. The van der Waals surface area contributed by atoms with Gasteiger partial charge in [-0.05, 0) is 78.2 Å². The predicted octanol–water partition coefficient (Wildman–Crippen LogP) is 3.52. The minimum Gasteiger partial charge on any atom is -0.444 e. The highest BCUT2D eigenvalue weighted by Crippen LogP contribution is 2.19. The number of nitrogens with zero attached hydrogens (tertiary/aromatic N) is 1. The number of rotatable bonds is 8. The number of guanidine groups is 1. The Morgan fingerprint density at radius 1 is 1.12 bits per heavy atom. The zero-order chi connectivity index (χ0) is 19.4. The summed E-state index contributed by atoms with van der Waals surface area (Å²) >= 11 is 1.89. The van der Waals surface area contributed by atoms with Gasteiger partial charge in [0, 0.05) is 25.2 Å². The molecule has 0 aliphatic heterocycles. The Kier molecular flexibility index (Phi) is 10.9. The molecule has 1 aliphatic carbocycles. The first-order chi connectivity index (χ1) is 12.3. The molecule has 0 atom stereocenters. The summed E-state index contributed by atoms with van der Waals surface area (Å²) in [5.41, 5.74) is -0.449. The number of aliphatic imine (C=N–C) groups is 1. The summed E-state index contributed by atoms with van der Waals surface area (Å²) in [4.78, 5) is 16.6. The lowest BCUT2D eigenvalue weighted by molar-refractivity contribution is 0.0490. The Balaban J connectivity index is 2.33. The maximum Gasteiger partial charge on any atom is 0.407 e. The number of ether oxygens (including phenoxy) is 1. The maximum absolute atomic E-state index is 11.9. The van der Waals surface area contributed by atoms with Gasteiger partial charge in [0.05, 0.1) is 0 Å². The van der Waals surface area contributed by atoms with E-state index >= 15 is 0 Å². The van der Waals surface area contributed by atoms with Crippen LogP contribution in [0, 0.1) is 0 Å². The minimum absolute atomic E-state index is 0.203. The van der Waals surface area contributed by atoms with Gasteiger partial charge in [-0.2, -0.15) is 11.8 Å². The molecule has 0 aromatic rings. The van der Waals surface area contributed by atoms with Crippen LogP contribution in [0.1, 0.15) is 66.2 Å². The number of carbonyl (C=O) groups excluding carboxylic acids is 1. The van der Waals surface area contributed by atoms with Crippen molar-refractivity contribution in [1.29, 1.82) is 0 Å². The molecule has 0 bridgehead atoms. The third kappa shape index (κ3) is 10.8. The maximum atomic E-state index is 11.9. The fourth-order valence-corrected chi connectivity index (χ4v) is 3.41. The van der Waals surface area contributed by atoms with Crippen LogP contribution in [0.5, 0.6) is 0 Å². The van der Waals surface area contributed by atoms with Crippen LogP contribution in [-0.2, 0) is 4.74 Å². The zero-order valence-corrected chi connectivity index (χ0v) is 18.0. The van der Waals surface area contributed by atoms with Crippen LogP contribution in [0.2, 0.25) is 0 Å². The third-order valence-electron chi connectivity index (χ3n) is 4.16. The van der Waals surface area contributed by atoms with Crippen LogP contribution in [0.25, 0.3) is 0 Å². The van der Waals surface area contributed by atoms with Gasteiger partial charge >= 0.3 is 6.09 Å². The van der Waals surface area contributed by atoms with Crippen molar-refractivity contribution >= 4 is 23.8 Å². The molecule has 1 saturated carbocycles. The van der Waals surface area contributed by atoms with Crippen molar-refractivity contribution in [2.24, 2.45) is 4.99 Å².